The summed E-state index contributed by atoms with van der Waals surface area (Å²) in [6.45, 7) is 0. The highest BCUT2D eigenvalue weighted by Crippen LogP contribution is 1.99. The van der Waals surface area contributed by atoms with Gasteiger partial charge in [0, 0.05) is 12.0 Å². The predicted molar refractivity (Wildman–Crippen MR) is 39.1 cm³/mol. The summed E-state index contributed by atoms with van der Waals surface area (Å²) in [5.74, 6) is 0. The number of nitrogens with zero attached hydrogens (tertiary/aromatic N) is 1. The fourth-order valence-electron chi connectivity index (χ4n) is 0.529. The second-order valence-electron chi connectivity index (χ2n) is 1.77. The molecule has 0 amide bonds. The standard InChI is InChI=1S/C7H10ClN/c8-6-4-2-1-3-5-7-9/h4,6H,1-3,5H2. The van der Waals surface area contributed by atoms with Crippen molar-refractivity contribution >= 4 is 11.6 Å². The van der Waals surface area contributed by atoms with E-state index in [4.69, 9.17) is 16.9 Å². The highest BCUT2D eigenvalue weighted by atomic mass is 35.5. The molecule has 0 aromatic carbocycles. The molecule has 50 valence electrons. The minimum Gasteiger partial charge on any atom is -0.198 e. The topological polar surface area (TPSA) is 23.8 Å². The van der Waals surface area contributed by atoms with Crippen molar-refractivity contribution in [3.05, 3.63) is 11.6 Å². The van der Waals surface area contributed by atoms with E-state index in [1.807, 2.05) is 6.08 Å². The lowest BCUT2D eigenvalue weighted by molar-refractivity contribution is 0.768. The van der Waals surface area contributed by atoms with Crippen LogP contribution in [-0.2, 0) is 0 Å². The van der Waals surface area contributed by atoms with Crippen LogP contribution in [0.4, 0.5) is 0 Å². The normalized spacial score (nSPS) is 9.78. The Labute approximate surface area is 60.9 Å². The second-order valence-corrected chi connectivity index (χ2v) is 2.02. The van der Waals surface area contributed by atoms with Crippen LogP contribution in [0.15, 0.2) is 11.6 Å². The van der Waals surface area contributed by atoms with Gasteiger partial charge in [0.25, 0.3) is 0 Å². The van der Waals surface area contributed by atoms with Crippen LogP contribution in [0.1, 0.15) is 25.7 Å². The molecular weight excluding hydrogens is 134 g/mol. The fraction of sp³-hybridized carbons (Fsp3) is 0.571. The first-order valence-corrected chi connectivity index (χ1v) is 3.47. The summed E-state index contributed by atoms with van der Waals surface area (Å²) in [5, 5.41) is 8.13. The van der Waals surface area contributed by atoms with Gasteiger partial charge >= 0.3 is 0 Å². The minimum atomic E-state index is 0.663. The van der Waals surface area contributed by atoms with Crippen molar-refractivity contribution in [2.45, 2.75) is 25.7 Å². The number of hydrogen-bond acceptors (Lipinski definition) is 1. The quantitative estimate of drug-likeness (QED) is 0.556. The molecule has 0 saturated carbocycles. The monoisotopic (exact) mass is 143 g/mol. The Hall–Kier alpha value is -0.480. The molecule has 9 heavy (non-hydrogen) atoms. The van der Waals surface area contributed by atoms with Gasteiger partial charge in [0.2, 0.25) is 0 Å². The van der Waals surface area contributed by atoms with E-state index in [1.165, 1.54) is 5.54 Å². The number of halogens is 1. The third kappa shape index (κ3) is 7.52. The molecule has 0 spiro atoms. The maximum absolute atomic E-state index is 8.13. The average Bonchev–Trinajstić information content (AvgIpc) is 1.89. The summed E-state index contributed by atoms with van der Waals surface area (Å²) in [5.41, 5.74) is 1.52. The Bertz CT molecular complexity index is 113. The van der Waals surface area contributed by atoms with E-state index < -0.39 is 0 Å². The van der Waals surface area contributed by atoms with Crippen LogP contribution in [-0.4, -0.2) is 0 Å². The van der Waals surface area contributed by atoms with Gasteiger partial charge in [-0.25, -0.2) is 0 Å². The zero-order chi connectivity index (χ0) is 6.95. The molecule has 0 aliphatic heterocycles. The van der Waals surface area contributed by atoms with Crippen LogP contribution in [0.3, 0.4) is 0 Å². The van der Waals surface area contributed by atoms with E-state index in [-0.39, 0.29) is 0 Å². The highest BCUT2D eigenvalue weighted by molar-refractivity contribution is 6.25. The van der Waals surface area contributed by atoms with E-state index in [1.54, 1.807) is 0 Å². The number of rotatable bonds is 4. The van der Waals surface area contributed by atoms with Crippen molar-refractivity contribution in [1.82, 2.24) is 0 Å². The molecule has 0 aliphatic carbocycles. The van der Waals surface area contributed by atoms with Crippen molar-refractivity contribution in [1.29, 1.82) is 5.26 Å². The third-order valence-corrected chi connectivity index (χ3v) is 1.18. The first-order chi connectivity index (χ1) is 4.41. The smallest absolute Gasteiger partial charge is 0.0621 e. The SMILES string of the molecule is N#CCCCCC=CCl. The van der Waals surface area contributed by atoms with Gasteiger partial charge in [0.1, 0.15) is 0 Å². The van der Waals surface area contributed by atoms with Crippen molar-refractivity contribution in [3.63, 3.8) is 0 Å². The van der Waals surface area contributed by atoms with Gasteiger partial charge in [-0.15, -0.1) is 0 Å². The largest absolute Gasteiger partial charge is 0.198 e. The molecule has 0 saturated heterocycles. The first kappa shape index (κ1) is 8.52. The van der Waals surface area contributed by atoms with Crippen LogP contribution in [0.5, 0.6) is 0 Å². The molecule has 0 atom stereocenters. The molecular formula is C7H10ClN. The summed E-state index contributed by atoms with van der Waals surface area (Å²) in [6.07, 6.45) is 5.61. The van der Waals surface area contributed by atoms with E-state index in [9.17, 15) is 0 Å². The van der Waals surface area contributed by atoms with Gasteiger partial charge in [-0.05, 0) is 19.3 Å². The Balaban J connectivity index is 2.85. The fourth-order valence-corrected chi connectivity index (χ4v) is 0.655. The highest BCUT2D eigenvalue weighted by Gasteiger charge is 1.82. The molecule has 0 radical (unpaired) electrons. The molecule has 1 nitrogen and oxygen atoms in total. The number of hydrogen-bond donors (Lipinski definition) is 0. The zero-order valence-corrected chi connectivity index (χ0v) is 6.06. The van der Waals surface area contributed by atoms with Crippen LogP contribution in [0.25, 0.3) is 0 Å². The van der Waals surface area contributed by atoms with Gasteiger partial charge in [-0.1, -0.05) is 17.7 Å². The number of allylic oxidation sites excluding steroid dienone is 1. The Morgan fingerprint density at radius 2 is 2.22 bits per heavy atom. The average molecular weight is 144 g/mol. The third-order valence-electron chi connectivity index (χ3n) is 0.998. The van der Waals surface area contributed by atoms with Gasteiger partial charge < -0.3 is 0 Å². The van der Waals surface area contributed by atoms with Gasteiger partial charge in [-0.2, -0.15) is 5.26 Å². The van der Waals surface area contributed by atoms with Crippen LogP contribution in [0, 0.1) is 11.3 Å². The van der Waals surface area contributed by atoms with Crippen LogP contribution < -0.4 is 0 Å². The van der Waals surface area contributed by atoms with Crippen molar-refractivity contribution < 1.29 is 0 Å². The summed E-state index contributed by atoms with van der Waals surface area (Å²) in [4.78, 5) is 0. The van der Waals surface area contributed by atoms with Crippen molar-refractivity contribution in [3.8, 4) is 6.07 Å². The molecule has 0 fully saturated rings. The van der Waals surface area contributed by atoms with E-state index in [0.717, 1.165) is 19.3 Å². The zero-order valence-electron chi connectivity index (χ0n) is 5.31. The Morgan fingerprint density at radius 3 is 2.78 bits per heavy atom. The molecule has 0 heterocycles. The summed E-state index contributed by atoms with van der Waals surface area (Å²) in [6, 6.07) is 2.09. The molecule has 0 aromatic rings. The lowest BCUT2D eigenvalue weighted by atomic mass is 10.2. The van der Waals surface area contributed by atoms with E-state index in [0.29, 0.717) is 6.42 Å². The predicted octanol–water partition coefficient (Wildman–Crippen LogP) is 2.82. The van der Waals surface area contributed by atoms with Crippen molar-refractivity contribution in [2.24, 2.45) is 0 Å². The van der Waals surface area contributed by atoms with E-state index >= 15 is 0 Å². The molecule has 0 bridgehead atoms. The summed E-state index contributed by atoms with van der Waals surface area (Å²) >= 11 is 5.27. The first-order valence-electron chi connectivity index (χ1n) is 3.04. The summed E-state index contributed by atoms with van der Waals surface area (Å²) < 4.78 is 0. The van der Waals surface area contributed by atoms with Crippen LogP contribution in [0.2, 0.25) is 0 Å². The molecule has 0 N–H and O–H groups in total. The maximum Gasteiger partial charge on any atom is 0.0621 e. The number of nitriles is 1. The molecule has 2 heteroatoms. The Kier molecular flexibility index (Phi) is 7.12. The molecule has 0 unspecified atom stereocenters. The lowest BCUT2D eigenvalue weighted by Gasteiger charge is -1.87. The summed E-state index contributed by atoms with van der Waals surface area (Å²) in [7, 11) is 0. The maximum atomic E-state index is 8.13. The second kappa shape index (κ2) is 7.52. The minimum absolute atomic E-state index is 0.663. The number of unbranched alkanes of at least 4 members (excludes halogenated alkanes) is 3. The van der Waals surface area contributed by atoms with Gasteiger partial charge in [0.15, 0.2) is 0 Å². The van der Waals surface area contributed by atoms with Crippen LogP contribution >= 0.6 is 11.6 Å². The van der Waals surface area contributed by atoms with Crippen molar-refractivity contribution in [2.75, 3.05) is 0 Å². The Morgan fingerprint density at radius 1 is 1.44 bits per heavy atom. The molecule has 0 rings (SSSR count). The molecule has 0 aliphatic rings. The van der Waals surface area contributed by atoms with Gasteiger partial charge in [0.05, 0.1) is 6.07 Å². The lowest BCUT2D eigenvalue weighted by Crippen LogP contribution is -1.70. The van der Waals surface area contributed by atoms with E-state index in [2.05, 4.69) is 6.07 Å². The molecule has 0 aromatic heterocycles. The van der Waals surface area contributed by atoms with Gasteiger partial charge in [-0.3, -0.25) is 0 Å².